The van der Waals surface area contributed by atoms with Gasteiger partial charge in [-0.25, -0.2) is 9.97 Å². The molecule has 0 aliphatic heterocycles. The average molecular weight is 239 g/mol. The average Bonchev–Trinajstić information content (AvgIpc) is 2.17. The van der Waals surface area contributed by atoms with Gasteiger partial charge in [0.05, 0.1) is 7.11 Å². The van der Waals surface area contributed by atoms with E-state index in [1.807, 2.05) is 18.2 Å². The molecule has 2 aromatic rings. The van der Waals surface area contributed by atoms with E-state index in [-0.39, 0.29) is 0 Å². The van der Waals surface area contributed by atoms with Gasteiger partial charge in [0, 0.05) is 11.6 Å². The first-order valence-corrected chi connectivity index (χ1v) is 4.56. The zero-order chi connectivity index (χ0) is 9.26. The largest absolute Gasteiger partial charge is 0.494 e. The summed E-state index contributed by atoms with van der Waals surface area (Å²) in [6.45, 7) is 0. The highest BCUT2D eigenvalue weighted by molar-refractivity contribution is 9.10. The zero-order valence-corrected chi connectivity index (χ0v) is 8.58. The van der Waals surface area contributed by atoms with Gasteiger partial charge in [-0.1, -0.05) is 12.1 Å². The number of hydrogen-bond donors (Lipinski definition) is 0. The Hall–Kier alpha value is -1.16. The molecule has 1 heterocycles. The molecule has 0 unspecified atom stereocenters. The minimum Gasteiger partial charge on any atom is -0.494 e. The first-order chi connectivity index (χ1) is 6.31. The van der Waals surface area contributed by atoms with Crippen molar-refractivity contribution in [3.63, 3.8) is 0 Å². The number of nitrogens with zero attached hydrogens (tertiary/aromatic N) is 2. The lowest BCUT2D eigenvalue weighted by Crippen LogP contribution is -1.89. The van der Waals surface area contributed by atoms with Gasteiger partial charge in [0.2, 0.25) is 0 Å². The van der Waals surface area contributed by atoms with Crippen molar-refractivity contribution >= 4 is 26.8 Å². The Morgan fingerprint density at radius 2 is 2.23 bits per heavy atom. The Morgan fingerprint density at radius 3 is 3.00 bits per heavy atom. The van der Waals surface area contributed by atoms with Crippen LogP contribution in [0.3, 0.4) is 0 Å². The van der Waals surface area contributed by atoms with Crippen molar-refractivity contribution < 1.29 is 4.74 Å². The normalized spacial score (nSPS) is 10.3. The van der Waals surface area contributed by atoms with Crippen LogP contribution in [0.5, 0.6) is 5.75 Å². The summed E-state index contributed by atoms with van der Waals surface area (Å²) in [5.74, 6) is 0.764. The Balaban J connectivity index is 2.79. The maximum absolute atomic E-state index is 5.17. The minimum atomic E-state index is 0.574. The predicted molar refractivity (Wildman–Crippen MR) is 53.8 cm³/mol. The quantitative estimate of drug-likeness (QED) is 0.716. The van der Waals surface area contributed by atoms with Crippen LogP contribution in [0.2, 0.25) is 0 Å². The summed E-state index contributed by atoms with van der Waals surface area (Å²) in [5, 5.41) is 0.975. The lowest BCUT2D eigenvalue weighted by Gasteiger charge is -2.03. The van der Waals surface area contributed by atoms with E-state index < -0.39 is 0 Å². The SMILES string of the molecule is COc1cccc2cnc(Br)nc12. The monoisotopic (exact) mass is 238 g/mol. The van der Waals surface area contributed by atoms with Crippen molar-refractivity contribution in [2.75, 3.05) is 7.11 Å². The molecule has 66 valence electrons. The summed E-state index contributed by atoms with van der Waals surface area (Å²) >= 11 is 3.22. The molecule has 0 aliphatic rings. The van der Waals surface area contributed by atoms with Crippen molar-refractivity contribution in [2.24, 2.45) is 0 Å². The first-order valence-electron chi connectivity index (χ1n) is 3.76. The predicted octanol–water partition coefficient (Wildman–Crippen LogP) is 2.40. The van der Waals surface area contributed by atoms with E-state index in [2.05, 4.69) is 25.9 Å². The third-order valence-corrected chi connectivity index (χ3v) is 2.15. The van der Waals surface area contributed by atoms with Crippen LogP contribution in [0.25, 0.3) is 10.9 Å². The lowest BCUT2D eigenvalue weighted by molar-refractivity contribution is 0.419. The molecule has 3 nitrogen and oxygen atoms in total. The summed E-state index contributed by atoms with van der Waals surface area (Å²) in [6.07, 6.45) is 1.76. The van der Waals surface area contributed by atoms with Crippen molar-refractivity contribution in [1.29, 1.82) is 0 Å². The van der Waals surface area contributed by atoms with E-state index in [0.717, 1.165) is 16.7 Å². The highest BCUT2D eigenvalue weighted by atomic mass is 79.9. The maximum atomic E-state index is 5.17. The molecule has 0 fully saturated rings. The molecule has 0 atom stereocenters. The van der Waals surface area contributed by atoms with Crippen molar-refractivity contribution in [2.45, 2.75) is 0 Å². The third kappa shape index (κ3) is 1.49. The minimum absolute atomic E-state index is 0.574. The van der Waals surface area contributed by atoms with Gasteiger partial charge in [-0.3, -0.25) is 0 Å². The summed E-state index contributed by atoms with van der Waals surface area (Å²) in [7, 11) is 1.63. The molecule has 0 amide bonds. The molecule has 0 saturated carbocycles. The molecule has 4 heteroatoms. The van der Waals surface area contributed by atoms with Crippen LogP contribution in [0.15, 0.2) is 29.1 Å². The maximum Gasteiger partial charge on any atom is 0.197 e. The van der Waals surface area contributed by atoms with E-state index >= 15 is 0 Å². The highest BCUT2D eigenvalue weighted by Gasteiger charge is 2.02. The second-order valence-electron chi connectivity index (χ2n) is 2.54. The molecule has 1 aromatic carbocycles. The second-order valence-corrected chi connectivity index (χ2v) is 3.25. The number of halogens is 1. The molecular weight excluding hydrogens is 232 g/mol. The Bertz CT molecular complexity index is 445. The molecule has 0 N–H and O–H groups in total. The van der Waals surface area contributed by atoms with Gasteiger partial charge in [0.15, 0.2) is 4.73 Å². The fourth-order valence-corrected chi connectivity index (χ4v) is 1.45. The molecule has 0 radical (unpaired) electrons. The van der Waals surface area contributed by atoms with Crippen LogP contribution >= 0.6 is 15.9 Å². The Morgan fingerprint density at radius 1 is 1.38 bits per heavy atom. The molecule has 0 saturated heterocycles. The van der Waals surface area contributed by atoms with Gasteiger partial charge in [-0.05, 0) is 22.0 Å². The molecular formula is C9H7BrN2O. The highest BCUT2D eigenvalue weighted by Crippen LogP contribution is 2.23. The van der Waals surface area contributed by atoms with Crippen molar-refractivity contribution in [3.8, 4) is 5.75 Å². The summed E-state index contributed by atoms with van der Waals surface area (Å²) in [4.78, 5) is 8.26. The second kappa shape index (κ2) is 3.30. The number of benzene rings is 1. The number of aromatic nitrogens is 2. The number of para-hydroxylation sites is 1. The molecule has 13 heavy (non-hydrogen) atoms. The number of fused-ring (bicyclic) bond motifs is 1. The van der Waals surface area contributed by atoms with Crippen molar-refractivity contribution in [3.05, 3.63) is 29.1 Å². The standard InChI is InChI=1S/C9H7BrN2O/c1-13-7-4-2-3-6-5-11-9(10)12-8(6)7/h2-5H,1H3. The number of rotatable bonds is 1. The van der Waals surface area contributed by atoms with Gasteiger partial charge in [-0.2, -0.15) is 0 Å². The van der Waals surface area contributed by atoms with Gasteiger partial charge in [0.1, 0.15) is 11.3 Å². The summed E-state index contributed by atoms with van der Waals surface area (Å²) < 4.78 is 5.74. The van der Waals surface area contributed by atoms with Gasteiger partial charge in [-0.15, -0.1) is 0 Å². The van der Waals surface area contributed by atoms with Gasteiger partial charge < -0.3 is 4.74 Å². The van der Waals surface area contributed by atoms with E-state index in [9.17, 15) is 0 Å². The van der Waals surface area contributed by atoms with Crippen molar-refractivity contribution in [1.82, 2.24) is 9.97 Å². The van der Waals surface area contributed by atoms with Gasteiger partial charge in [0.25, 0.3) is 0 Å². The fraction of sp³-hybridized carbons (Fsp3) is 0.111. The van der Waals surface area contributed by atoms with Crippen LogP contribution < -0.4 is 4.74 Å². The lowest BCUT2D eigenvalue weighted by atomic mass is 10.2. The van der Waals surface area contributed by atoms with E-state index in [0.29, 0.717) is 4.73 Å². The van der Waals surface area contributed by atoms with Crippen LogP contribution in [-0.4, -0.2) is 17.1 Å². The van der Waals surface area contributed by atoms with Crippen LogP contribution in [-0.2, 0) is 0 Å². The molecule has 0 bridgehead atoms. The Kier molecular flexibility index (Phi) is 2.14. The number of ether oxygens (including phenoxy) is 1. The molecule has 0 spiro atoms. The molecule has 2 rings (SSSR count). The molecule has 0 aliphatic carbocycles. The molecule has 1 aromatic heterocycles. The summed E-state index contributed by atoms with van der Waals surface area (Å²) in [5.41, 5.74) is 0.826. The van der Waals surface area contributed by atoms with E-state index in [4.69, 9.17) is 4.74 Å². The Labute approximate surface area is 83.9 Å². The smallest absolute Gasteiger partial charge is 0.197 e. The topological polar surface area (TPSA) is 35.0 Å². The first kappa shape index (κ1) is 8.44. The third-order valence-electron chi connectivity index (χ3n) is 1.76. The van der Waals surface area contributed by atoms with Gasteiger partial charge >= 0.3 is 0 Å². The van der Waals surface area contributed by atoms with Crippen LogP contribution in [0, 0.1) is 0 Å². The fourth-order valence-electron chi connectivity index (χ4n) is 1.17. The summed E-state index contributed by atoms with van der Waals surface area (Å²) in [6, 6.07) is 5.74. The van der Waals surface area contributed by atoms with E-state index in [1.54, 1.807) is 13.3 Å². The zero-order valence-electron chi connectivity index (χ0n) is 6.99. The number of hydrogen-bond acceptors (Lipinski definition) is 3. The van der Waals surface area contributed by atoms with E-state index in [1.165, 1.54) is 0 Å². The van der Waals surface area contributed by atoms with Crippen LogP contribution in [0.4, 0.5) is 0 Å². The van der Waals surface area contributed by atoms with Crippen LogP contribution in [0.1, 0.15) is 0 Å². The number of methoxy groups -OCH3 is 1.